The fraction of sp³-hybridized carbons (Fsp3) is 0.333. The van der Waals surface area contributed by atoms with Crippen LogP contribution in [-0.2, 0) is 22.7 Å². The highest BCUT2D eigenvalue weighted by Crippen LogP contribution is 2.02. The van der Waals surface area contributed by atoms with Crippen molar-refractivity contribution in [2.75, 3.05) is 13.1 Å². The number of benzene rings is 2. The van der Waals surface area contributed by atoms with E-state index in [-0.39, 0.29) is 13.2 Å². The minimum Gasteiger partial charge on any atom is -0.445 e. The number of amides is 2. The van der Waals surface area contributed by atoms with E-state index in [1.54, 1.807) is 0 Å². The SMILES string of the molecule is O=C(NCCCCCNC(=O)OCc1ccccc1)OCc1ccccc1. The first-order chi connectivity index (χ1) is 13.2. The van der Waals surface area contributed by atoms with Gasteiger partial charge in [-0.3, -0.25) is 0 Å². The molecule has 0 bridgehead atoms. The van der Waals surface area contributed by atoms with Gasteiger partial charge in [-0.2, -0.15) is 0 Å². The summed E-state index contributed by atoms with van der Waals surface area (Å²) < 4.78 is 10.3. The summed E-state index contributed by atoms with van der Waals surface area (Å²) in [5.74, 6) is 0. The molecule has 0 saturated heterocycles. The average molecular weight is 370 g/mol. The summed E-state index contributed by atoms with van der Waals surface area (Å²) in [5, 5.41) is 5.44. The number of carbonyl (C=O) groups excluding carboxylic acids is 2. The van der Waals surface area contributed by atoms with Gasteiger partial charge >= 0.3 is 12.2 Å². The van der Waals surface area contributed by atoms with Gasteiger partial charge < -0.3 is 20.1 Å². The molecule has 2 aromatic carbocycles. The molecule has 0 fully saturated rings. The maximum Gasteiger partial charge on any atom is 0.407 e. The van der Waals surface area contributed by atoms with Crippen LogP contribution >= 0.6 is 0 Å². The molecular weight excluding hydrogens is 344 g/mol. The maximum atomic E-state index is 11.6. The lowest BCUT2D eigenvalue weighted by atomic mass is 10.2. The van der Waals surface area contributed by atoms with E-state index in [0.717, 1.165) is 30.4 Å². The van der Waals surface area contributed by atoms with Crippen molar-refractivity contribution in [2.24, 2.45) is 0 Å². The predicted molar refractivity (Wildman–Crippen MR) is 103 cm³/mol. The number of hydrogen-bond donors (Lipinski definition) is 2. The molecule has 0 aromatic heterocycles. The molecule has 2 aromatic rings. The first kappa shape index (κ1) is 20.3. The highest BCUT2D eigenvalue weighted by molar-refractivity contribution is 5.67. The van der Waals surface area contributed by atoms with E-state index in [4.69, 9.17) is 9.47 Å². The third kappa shape index (κ3) is 9.30. The Kier molecular flexibility index (Phi) is 9.28. The molecule has 0 heterocycles. The zero-order valence-corrected chi connectivity index (χ0v) is 15.4. The Hall–Kier alpha value is -3.02. The third-order valence-corrected chi connectivity index (χ3v) is 3.82. The number of carbonyl (C=O) groups is 2. The van der Waals surface area contributed by atoms with E-state index in [1.807, 2.05) is 60.7 Å². The second-order valence-corrected chi connectivity index (χ2v) is 6.04. The van der Waals surface area contributed by atoms with E-state index in [2.05, 4.69) is 10.6 Å². The molecular formula is C21H26N2O4. The number of rotatable bonds is 10. The lowest BCUT2D eigenvalue weighted by molar-refractivity contribution is 0.139. The van der Waals surface area contributed by atoms with Gasteiger partial charge in [0, 0.05) is 13.1 Å². The van der Waals surface area contributed by atoms with E-state index in [1.165, 1.54) is 0 Å². The van der Waals surface area contributed by atoms with E-state index >= 15 is 0 Å². The summed E-state index contributed by atoms with van der Waals surface area (Å²) in [7, 11) is 0. The zero-order valence-electron chi connectivity index (χ0n) is 15.4. The Morgan fingerprint density at radius 2 is 1.04 bits per heavy atom. The number of hydrogen-bond acceptors (Lipinski definition) is 4. The van der Waals surface area contributed by atoms with Gasteiger partial charge in [-0.25, -0.2) is 9.59 Å². The molecule has 2 amide bonds. The van der Waals surface area contributed by atoms with Gasteiger partial charge in [0.15, 0.2) is 0 Å². The molecule has 2 N–H and O–H groups in total. The smallest absolute Gasteiger partial charge is 0.407 e. The van der Waals surface area contributed by atoms with Crippen molar-refractivity contribution < 1.29 is 19.1 Å². The molecule has 0 atom stereocenters. The Balaban J connectivity index is 1.41. The van der Waals surface area contributed by atoms with Crippen LogP contribution in [0.5, 0.6) is 0 Å². The largest absolute Gasteiger partial charge is 0.445 e. The highest BCUT2D eigenvalue weighted by Gasteiger charge is 2.03. The first-order valence-electron chi connectivity index (χ1n) is 9.13. The van der Waals surface area contributed by atoms with Crippen LogP contribution in [0.15, 0.2) is 60.7 Å². The molecule has 0 spiro atoms. The van der Waals surface area contributed by atoms with Crippen LogP contribution in [-0.4, -0.2) is 25.3 Å². The van der Waals surface area contributed by atoms with Crippen LogP contribution in [0.25, 0.3) is 0 Å². The lowest BCUT2D eigenvalue weighted by Crippen LogP contribution is -2.26. The average Bonchev–Trinajstić information content (AvgIpc) is 2.71. The van der Waals surface area contributed by atoms with Crippen LogP contribution < -0.4 is 10.6 Å². The fourth-order valence-electron chi connectivity index (χ4n) is 2.36. The lowest BCUT2D eigenvalue weighted by Gasteiger charge is -2.08. The molecule has 144 valence electrons. The molecule has 0 aliphatic heterocycles. The quantitative estimate of drug-likeness (QED) is 0.620. The van der Waals surface area contributed by atoms with Crippen molar-refractivity contribution in [1.82, 2.24) is 10.6 Å². The van der Waals surface area contributed by atoms with Crippen LogP contribution in [0, 0.1) is 0 Å². The zero-order chi connectivity index (χ0) is 19.2. The summed E-state index contributed by atoms with van der Waals surface area (Å²) in [6.45, 7) is 1.63. The number of ether oxygens (including phenoxy) is 2. The Bertz CT molecular complexity index is 618. The molecule has 0 aliphatic rings. The summed E-state index contributed by atoms with van der Waals surface area (Å²) in [6.07, 6.45) is 1.70. The molecule has 6 heteroatoms. The van der Waals surface area contributed by atoms with Crippen molar-refractivity contribution in [1.29, 1.82) is 0 Å². The monoisotopic (exact) mass is 370 g/mol. The molecule has 27 heavy (non-hydrogen) atoms. The summed E-state index contributed by atoms with van der Waals surface area (Å²) in [4.78, 5) is 23.2. The Morgan fingerprint density at radius 1 is 0.630 bits per heavy atom. The normalized spacial score (nSPS) is 10.1. The molecule has 0 unspecified atom stereocenters. The van der Waals surface area contributed by atoms with Gasteiger partial charge in [0.2, 0.25) is 0 Å². The van der Waals surface area contributed by atoms with Crippen molar-refractivity contribution in [2.45, 2.75) is 32.5 Å². The number of nitrogens with one attached hydrogen (secondary N) is 2. The van der Waals surface area contributed by atoms with Gasteiger partial charge in [0.25, 0.3) is 0 Å². The first-order valence-corrected chi connectivity index (χ1v) is 9.13. The van der Waals surface area contributed by atoms with Crippen molar-refractivity contribution >= 4 is 12.2 Å². The number of unbranched alkanes of at least 4 members (excludes halogenated alkanes) is 2. The van der Waals surface area contributed by atoms with Gasteiger partial charge in [-0.05, 0) is 30.4 Å². The Labute approximate surface area is 159 Å². The topological polar surface area (TPSA) is 76.7 Å². The van der Waals surface area contributed by atoms with Crippen LogP contribution in [0.1, 0.15) is 30.4 Å². The van der Waals surface area contributed by atoms with E-state index < -0.39 is 12.2 Å². The minimum atomic E-state index is -0.415. The van der Waals surface area contributed by atoms with E-state index in [0.29, 0.717) is 13.1 Å². The molecule has 0 saturated carbocycles. The van der Waals surface area contributed by atoms with Crippen molar-refractivity contribution in [3.63, 3.8) is 0 Å². The maximum absolute atomic E-state index is 11.6. The molecule has 0 aliphatic carbocycles. The minimum absolute atomic E-state index is 0.266. The van der Waals surface area contributed by atoms with Gasteiger partial charge in [-0.15, -0.1) is 0 Å². The third-order valence-electron chi connectivity index (χ3n) is 3.82. The van der Waals surface area contributed by atoms with Gasteiger partial charge in [0.1, 0.15) is 13.2 Å². The fourth-order valence-corrected chi connectivity index (χ4v) is 2.36. The van der Waals surface area contributed by atoms with Crippen LogP contribution in [0.3, 0.4) is 0 Å². The van der Waals surface area contributed by atoms with Crippen molar-refractivity contribution in [3.8, 4) is 0 Å². The standard InChI is InChI=1S/C21H26N2O4/c24-20(26-16-18-10-4-1-5-11-18)22-14-8-3-9-15-23-21(25)27-17-19-12-6-2-7-13-19/h1-2,4-7,10-13H,3,8-9,14-17H2,(H,22,24)(H,23,25). The second kappa shape index (κ2) is 12.4. The van der Waals surface area contributed by atoms with E-state index in [9.17, 15) is 9.59 Å². The van der Waals surface area contributed by atoms with Gasteiger partial charge in [-0.1, -0.05) is 60.7 Å². The summed E-state index contributed by atoms with van der Waals surface area (Å²) in [6, 6.07) is 19.1. The predicted octanol–water partition coefficient (Wildman–Crippen LogP) is 4.01. The van der Waals surface area contributed by atoms with Crippen molar-refractivity contribution in [3.05, 3.63) is 71.8 Å². The summed E-state index contributed by atoms with van der Waals surface area (Å²) in [5.41, 5.74) is 1.91. The number of alkyl carbamates (subject to hydrolysis) is 2. The summed E-state index contributed by atoms with van der Waals surface area (Å²) >= 11 is 0. The molecule has 0 radical (unpaired) electrons. The highest BCUT2D eigenvalue weighted by atomic mass is 16.6. The van der Waals surface area contributed by atoms with Gasteiger partial charge in [0.05, 0.1) is 0 Å². The molecule has 6 nitrogen and oxygen atoms in total. The molecule has 2 rings (SSSR count). The van der Waals surface area contributed by atoms with Crippen LogP contribution in [0.4, 0.5) is 9.59 Å². The van der Waals surface area contributed by atoms with Crippen LogP contribution in [0.2, 0.25) is 0 Å². The Morgan fingerprint density at radius 3 is 1.44 bits per heavy atom. The second-order valence-electron chi connectivity index (χ2n) is 6.04.